The van der Waals surface area contributed by atoms with Gasteiger partial charge in [0.1, 0.15) is 5.60 Å². The maximum absolute atomic E-state index is 12.8. The lowest BCUT2D eigenvalue weighted by molar-refractivity contribution is 0.0185. The number of aliphatic imine (C=N–C) groups is 1. The maximum atomic E-state index is 12.8. The predicted molar refractivity (Wildman–Crippen MR) is 118 cm³/mol. The number of hydrogen-bond donors (Lipinski definition) is 2. The fraction of sp³-hybridized carbons (Fsp3) is 0.565. The normalized spacial score (nSPS) is 21.6. The summed E-state index contributed by atoms with van der Waals surface area (Å²) < 4.78 is 5.63. The highest BCUT2D eigenvalue weighted by Crippen LogP contribution is 2.30. The van der Waals surface area contributed by atoms with Gasteiger partial charge in [0.2, 0.25) is 0 Å². The molecule has 1 atom stereocenters. The molecule has 3 rings (SSSR count). The first-order valence-corrected chi connectivity index (χ1v) is 10.4. The van der Waals surface area contributed by atoms with Gasteiger partial charge in [-0.1, -0.05) is 26.0 Å². The van der Waals surface area contributed by atoms with Gasteiger partial charge in [0.05, 0.1) is 11.7 Å². The molecule has 1 amide bonds. The molecule has 2 aliphatic rings. The van der Waals surface area contributed by atoms with E-state index in [1.54, 1.807) is 4.90 Å². The van der Waals surface area contributed by atoms with Crippen molar-refractivity contribution in [3.63, 3.8) is 0 Å². The third-order valence-corrected chi connectivity index (χ3v) is 5.38. The standard InChI is InChI=1S/C23H34N4O2/c1-14(2)16-7-8-18(15(3)11-16)26-19-9-10-27(22(28)29-23(4,5)6)20-13-25-12-17(24)21(19)20/h7-8,11,14,20,25H,9-10,12-13,24H2,1-6H3. The van der Waals surface area contributed by atoms with Gasteiger partial charge >= 0.3 is 6.09 Å². The summed E-state index contributed by atoms with van der Waals surface area (Å²) in [6.45, 7) is 14.0. The molecule has 1 unspecified atom stereocenters. The summed E-state index contributed by atoms with van der Waals surface area (Å²) in [4.78, 5) is 19.5. The van der Waals surface area contributed by atoms with Crippen molar-refractivity contribution in [1.29, 1.82) is 0 Å². The molecule has 2 aliphatic heterocycles. The van der Waals surface area contributed by atoms with Crippen molar-refractivity contribution in [3.8, 4) is 0 Å². The topological polar surface area (TPSA) is 80.0 Å². The minimum atomic E-state index is -0.530. The van der Waals surface area contributed by atoms with E-state index < -0.39 is 5.60 Å². The molecule has 6 nitrogen and oxygen atoms in total. The Bertz CT molecular complexity index is 849. The summed E-state index contributed by atoms with van der Waals surface area (Å²) >= 11 is 0. The van der Waals surface area contributed by atoms with Crippen molar-refractivity contribution in [2.45, 2.75) is 65.5 Å². The zero-order valence-corrected chi connectivity index (χ0v) is 18.5. The number of benzene rings is 1. The van der Waals surface area contributed by atoms with E-state index in [9.17, 15) is 4.79 Å². The van der Waals surface area contributed by atoms with Gasteiger partial charge in [-0.3, -0.25) is 9.89 Å². The van der Waals surface area contributed by atoms with Crippen LogP contribution in [0.3, 0.4) is 0 Å². The van der Waals surface area contributed by atoms with Gasteiger partial charge < -0.3 is 15.8 Å². The number of fused-ring (bicyclic) bond motifs is 1. The summed E-state index contributed by atoms with van der Waals surface area (Å²) in [7, 11) is 0. The van der Waals surface area contributed by atoms with E-state index >= 15 is 0 Å². The average Bonchev–Trinajstić information content (AvgIpc) is 2.61. The van der Waals surface area contributed by atoms with E-state index in [4.69, 9.17) is 15.5 Å². The van der Waals surface area contributed by atoms with Crippen molar-refractivity contribution < 1.29 is 9.53 Å². The van der Waals surface area contributed by atoms with Crippen LogP contribution in [0.15, 0.2) is 34.5 Å². The largest absolute Gasteiger partial charge is 0.444 e. The fourth-order valence-corrected chi connectivity index (χ4v) is 3.88. The first-order chi connectivity index (χ1) is 13.6. The van der Waals surface area contributed by atoms with E-state index in [2.05, 4.69) is 44.3 Å². The van der Waals surface area contributed by atoms with Crippen LogP contribution in [0.4, 0.5) is 10.5 Å². The predicted octanol–water partition coefficient (Wildman–Crippen LogP) is 4.02. The molecule has 2 heterocycles. The summed E-state index contributed by atoms with van der Waals surface area (Å²) in [5.41, 5.74) is 12.0. The zero-order chi connectivity index (χ0) is 21.3. The third-order valence-electron chi connectivity index (χ3n) is 5.38. The van der Waals surface area contributed by atoms with Crippen LogP contribution in [0.25, 0.3) is 0 Å². The second-order valence-electron chi connectivity index (χ2n) is 9.27. The Kier molecular flexibility index (Phi) is 6.03. The van der Waals surface area contributed by atoms with E-state index in [-0.39, 0.29) is 12.1 Å². The first kappa shape index (κ1) is 21.4. The van der Waals surface area contributed by atoms with Gasteiger partial charge in [0, 0.05) is 43.0 Å². The Hall–Kier alpha value is -2.34. The number of carbonyl (C=O) groups is 1. The van der Waals surface area contributed by atoms with E-state index in [0.29, 0.717) is 32.0 Å². The average molecular weight is 399 g/mol. The molecule has 1 aromatic carbocycles. The molecule has 0 aliphatic carbocycles. The number of hydrogen-bond acceptors (Lipinski definition) is 5. The van der Waals surface area contributed by atoms with Crippen LogP contribution in [0.1, 0.15) is 58.1 Å². The molecule has 0 aromatic heterocycles. The van der Waals surface area contributed by atoms with Crippen molar-refractivity contribution in [1.82, 2.24) is 10.2 Å². The number of amides is 1. The van der Waals surface area contributed by atoms with Crippen molar-refractivity contribution >= 4 is 17.5 Å². The fourth-order valence-electron chi connectivity index (χ4n) is 3.88. The molecular formula is C23H34N4O2. The smallest absolute Gasteiger partial charge is 0.410 e. The molecule has 0 bridgehead atoms. The number of carbonyl (C=O) groups excluding carboxylic acids is 1. The Morgan fingerprint density at radius 1 is 1.34 bits per heavy atom. The zero-order valence-electron chi connectivity index (χ0n) is 18.5. The van der Waals surface area contributed by atoms with Crippen LogP contribution in [0, 0.1) is 6.92 Å². The lowest BCUT2D eigenvalue weighted by Gasteiger charge is -2.41. The summed E-state index contributed by atoms with van der Waals surface area (Å²) in [5, 5.41) is 3.31. The van der Waals surface area contributed by atoms with Crippen LogP contribution >= 0.6 is 0 Å². The number of piperidine rings is 1. The Labute approximate surface area is 174 Å². The Morgan fingerprint density at radius 2 is 2.07 bits per heavy atom. The lowest BCUT2D eigenvalue weighted by Crippen LogP contribution is -2.56. The Morgan fingerprint density at radius 3 is 2.69 bits per heavy atom. The van der Waals surface area contributed by atoms with Gasteiger partial charge in [0.25, 0.3) is 0 Å². The van der Waals surface area contributed by atoms with E-state index in [1.165, 1.54) is 5.56 Å². The van der Waals surface area contributed by atoms with Gasteiger partial charge in [0.15, 0.2) is 0 Å². The quantitative estimate of drug-likeness (QED) is 0.789. The molecule has 29 heavy (non-hydrogen) atoms. The highest BCUT2D eigenvalue weighted by Gasteiger charge is 2.38. The maximum Gasteiger partial charge on any atom is 0.410 e. The molecule has 158 valence electrons. The van der Waals surface area contributed by atoms with Crippen molar-refractivity contribution in [3.05, 3.63) is 40.6 Å². The molecule has 1 fully saturated rings. The van der Waals surface area contributed by atoms with Gasteiger partial charge in [-0.05, 0) is 50.8 Å². The van der Waals surface area contributed by atoms with Crippen LogP contribution in [-0.2, 0) is 4.74 Å². The lowest BCUT2D eigenvalue weighted by atomic mass is 9.89. The van der Waals surface area contributed by atoms with Crippen LogP contribution in [0.5, 0.6) is 0 Å². The number of nitrogens with two attached hydrogens (primary N) is 1. The van der Waals surface area contributed by atoms with Crippen LogP contribution < -0.4 is 11.1 Å². The molecule has 0 saturated carbocycles. The van der Waals surface area contributed by atoms with Gasteiger partial charge in [-0.25, -0.2) is 4.79 Å². The highest BCUT2D eigenvalue weighted by molar-refractivity contribution is 6.05. The number of nitrogens with one attached hydrogen (secondary N) is 1. The molecule has 0 radical (unpaired) electrons. The number of rotatable bonds is 2. The summed E-state index contributed by atoms with van der Waals surface area (Å²) in [6.07, 6.45) is 0.366. The highest BCUT2D eigenvalue weighted by atomic mass is 16.6. The summed E-state index contributed by atoms with van der Waals surface area (Å²) in [6, 6.07) is 6.29. The third kappa shape index (κ3) is 4.81. The van der Waals surface area contributed by atoms with Crippen molar-refractivity contribution in [2.24, 2.45) is 10.7 Å². The van der Waals surface area contributed by atoms with Gasteiger partial charge in [-0.2, -0.15) is 0 Å². The van der Waals surface area contributed by atoms with Crippen LogP contribution in [-0.4, -0.2) is 48.0 Å². The minimum absolute atomic E-state index is 0.152. The number of aryl methyl sites for hydroxylation is 1. The van der Waals surface area contributed by atoms with Gasteiger partial charge in [-0.15, -0.1) is 0 Å². The van der Waals surface area contributed by atoms with E-state index in [0.717, 1.165) is 28.2 Å². The summed E-state index contributed by atoms with van der Waals surface area (Å²) in [5.74, 6) is 0.486. The van der Waals surface area contributed by atoms with Crippen LogP contribution in [0.2, 0.25) is 0 Å². The molecule has 1 saturated heterocycles. The number of ether oxygens (including phenoxy) is 1. The second kappa shape index (κ2) is 8.19. The number of nitrogens with zero attached hydrogens (tertiary/aromatic N) is 2. The van der Waals surface area contributed by atoms with E-state index in [1.807, 2.05) is 20.8 Å². The second-order valence-corrected chi connectivity index (χ2v) is 9.27. The number of likely N-dealkylation sites (tertiary alicyclic amines) is 1. The molecule has 0 spiro atoms. The molecule has 3 N–H and O–H groups in total. The first-order valence-electron chi connectivity index (χ1n) is 10.4. The molecule has 6 heteroatoms. The monoisotopic (exact) mass is 398 g/mol. The SMILES string of the molecule is Cc1cc(C(C)C)ccc1N=C1CCN(C(=O)OC(C)(C)C)C2CNCC(N)=C12. The molecule has 1 aromatic rings. The minimum Gasteiger partial charge on any atom is -0.444 e. The van der Waals surface area contributed by atoms with Crippen molar-refractivity contribution in [2.75, 3.05) is 19.6 Å². The Balaban J connectivity index is 1.93. The molecular weight excluding hydrogens is 364 g/mol.